The van der Waals surface area contributed by atoms with E-state index in [1.54, 1.807) is 0 Å². The number of nitrogens with zero attached hydrogens (tertiary/aromatic N) is 1. The van der Waals surface area contributed by atoms with E-state index in [-0.39, 0.29) is 24.1 Å². The molecule has 0 saturated carbocycles. The van der Waals surface area contributed by atoms with E-state index in [9.17, 15) is 9.59 Å². The van der Waals surface area contributed by atoms with Gasteiger partial charge >= 0.3 is 5.97 Å². The number of morpholine rings is 1. The van der Waals surface area contributed by atoms with Crippen LogP contribution in [0.25, 0.3) is 0 Å². The number of hydrogen-bond acceptors (Lipinski definition) is 5. The molecule has 1 aromatic rings. The third kappa shape index (κ3) is 6.48. The van der Waals surface area contributed by atoms with Crippen molar-refractivity contribution in [1.29, 1.82) is 0 Å². The molecule has 138 valence electrons. The van der Waals surface area contributed by atoms with Crippen LogP contribution in [0, 0.1) is 0 Å². The van der Waals surface area contributed by atoms with E-state index < -0.39 is 0 Å². The van der Waals surface area contributed by atoms with Crippen LogP contribution in [0.1, 0.15) is 42.6 Å². The van der Waals surface area contributed by atoms with Gasteiger partial charge in [-0.25, -0.2) is 0 Å². The summed E-state index contributed by atoms with van der Waals surface area (Å²) in [4.78, 5) is 25.5. The highest BCUT2D eigenvalue weighted by Gasteiger charge is 2.22. The first-order valence-corrected chi connectivity index (χ1v) is 8.79. The number of hydrogen-bond donors (Lipinski definition) is 1. The highest BCUT2D eigenvalue weighted by atomic mass is 16.5. The Hall–Kier alpha value is -1.92. The van der Waals surface area contributed by atoms with Gasteiger partial charge in [-0.1, -0.05) is 12.1 Å². The molecular weight excluding hydrogens is 320 g/mol. The van der Waals surface area contributed by atoms with Gasteiger partial charge in [0.15, 0.2) is 0 Å². The molecule has 1 aromatic carbocycles. The number of rotatable bonds is 7. The van der Waals surface area contributed by atoms with Crippen molar-refractivity contribution < 1.29 is 19.1 Å². The second kappa shape index (κ2) is 9.53. The minimum atomic E-state index is -0.259. The molecule has 1 saturated heterocycles. The zero-order valence-electron chi connectivity index (χ0n) is 15.3. The van der Waals surface area contributed by atoms with Crippen LogP contribution in [-0.4, -0.2) is 55.7 Å². The summed E-state index contributed by atoms with van der Waals surface area (Å²) in [5.74, 6) is -0.379. The number of methoxy groups -OCH3 is 1. The van der Waals surface area contributed by atoms with Crippen molar-refractivity contribution in [3.05, 3.63) is 35.4 Å². The van der Waals surface area contributed by atoms with Crippen molar-refractivity contribution in [1.82, 2.24) is 10.2 Å². The molecule has 0 bridgehead atoms. The fourth-order valence-corrected chi connectivity index (χ4v) is 3.07. The molecule has 0 radical (unpaired) electrons. The predicted octanol–water partition coefficient (Wildman–Crippen LogP) is 1.98. The predicted molar refractivity (Wildman–Crippen MR) is 95.3 cm³/mol. The number of carbonyl (C=O) groups excluding carboxylic acids is 2. The number of amides is 1. The van der Waals surface area contributed by atoms with Gasteiger partial charge in [-0.05, 0) is 38.0 Å². The van der Waals surface area contributed by atoms with Crippen LogP contribution in [-0.2, 0) is 20.8 Å². The van der Waals surface area contributed by atoms with Gasteiger partial charge in [-0.3, -0.25) is 14.5 Å². The molecule has 1 heterocycles. The maximum Gasteiger partial charge on any atom is 0.305 e. The van der Waals surface area contributed by atoms with E-state index in [0.29, 0.717) is 24.9 Å². The summed E-state index contributed by atoms with van der Waals surface area (Å²) in [5.41, 5.74) is 1.81. The van der Waals surface area contributed by atoms with Crippen LogP contribution >= 0.6 is 0 Å². The lowest BCUT2D eigenvalue weighted by Crippen LogP contribution is -2.44. The molecule has 2 atom stereocenters. The minimum absolute atomic E-state index is 0.120. The van der Waals surface area contributed by atoms with Crippen LogP contribution in [0.3, 0.4) is 0 Å². The average Bonchev–Trinajstić information content (AvgIpc) is 2.58. The van der Waals surface area contributed by atoms with Crippen molar-refractivity contribution >= 4 is 11.9 Å². The number of carbonyl (C=O) groups is 2. The molecule has 0 spiro atoms. The van der Waals surface area contributed by atoms with Crippen LogP contribution in [0.5, 0.6) is 0 Å². The number of nitrogens with one attached hydrogen (secondary N) is 1. The van der Waals surface area contributed by atoms with Gasteiger partial charge in [0, 0.05) is 38.2 Å². The minimum Gasteiger partial charge on any atom is -0.469 e. The molecule has 0 aromatic heterocycles. The molecule has 1 N–H and O–H groups in total. The molecule has 2 unspecified atom stereocenters. The molecule has 1 aliphatic heterocycles. The van der Waals surface area contributed by atoms with Crippen molar-refractivity contribution in [2.24, 2.45) is 0 Å². The topological polar surface area (TPSA) is 67.9 Å². The number of benzene rings is 1. The van der Waals surface area contributed by atoms with Crippen molar-refractivity contribution in [3.63, 3.8) is 0 Å². The quantitative estimate of drug-likeness (QED) is 0.603. The van der Waals surface area contributed by atoms with Gasteiger partial charge < -0.3 is 14.8 Å². The Kier molecular flexibility index (Phi) is 7.40. The Labute approximate surface area is 149 Å². The first kappa shape index (κ1) is 19.4. The molecule has 25 heavy (non-hydrogen) atoms. The molecule has 6 nitrogen and oxygen atoms in total. The van der Waals surface area contributed by atoms with Crippen molar-refractivity contribution in [2.75, 3.05) is 26.7 Å². The molecule has 6 heteroatoms. The fourth-order valence-electron chi connectivity index (χ4n) is 3.07. The maximum atomic E-state index is 12.1. The van der Waals surface area contributed by atoms with E-state index in [1.165, 1.54) is 12.7 Å². The first-order valence-electron chi connectivity index (χ1n) is 8.79. The fraction of sp³-hybridized carbons (Fsp3) is 0.579. The lowest BCUT2D eigenvalue weighted by Gasteiger charge is -2.35. The van der Waals surface area contributed by atoms with E-state index in [0.717, 1.165) is 19.6 Å². The van der Waals surface area contributed by atoms with Crippen LogP contribution in [0.2, 0.25) is 0 Å². The number of esters is 1. The monoisotopic (exact) mass is 348 g/mol. The zero-order valence-corrected chi connectivity index (χ0v) is 15.3. The van der Waals surface area contributed by atoms with Crippen LogP contribution in [0.15, 0.2) is 24.3 Å². The first-order chi connectivity index (χ1) is 12.0. The Morgan fingerprint density at radius 1 is 1.20 bits per heavy atom. The van der Waals surface area contributed by atoms with Crippen LogP contribution in [0.4, 0.5) is 0 Å². The smallest absolute Gasteiger partial charge is 0.305 e. The van der Waals surface area contributed by atoms with Gasteiger partial charge in [0.25, 0.3) is 5.91 Å². The summed E-state index contributed by atoms with van der Waals surface area (Å²) in [6.45, 7) is 7.35. The van der Waals surface area contributed by atoms with Crippen molar-refractivity contribution in [3.8, 4) is 0 Å². The molecular formula is C19H28N2O4. The summed E-state index contributed by atoms with van der Waals surface area (Å²) in [7, 11) is 1.36. The lowest BCUT2D eigenvalue weighted by atomic mass is 10.1. The summed E-state index contributed by atoms with van der Waals surface area (Å²) < 4.78 is 10.3. The second-order valence-corrected chi connectivity index (χ2v) is 6.58. The zero-order chi connectivity index (χ0) is 18.2. The maximum absolute atomic E-state index is 12.1. The molecule has 1 fully saturated rings. The average molecular weight is 348 g/mol. The Morgan fingerprint density at radius 3 is 2.44 bits per heavy atom. The summed E-state index contributed by atoms with van der Waals surface area (Å²) in [6.07, 6.45) is 1.38. The van der Waals surface area contributed by atoms with Gasteiger partial charge in [0.2, 0.25) is 0 Å². The van der Waals surface area contributed by atoms with Gasteiger partial charge in [0.05, 0.1) is 19.3 Å². The largest absolute Gasteiger partial charge is 0.469 e. The van der Waals surface area contributed by atoms with E-state index in [4.69, 9.17) is 4.74 Å². The Bertz CT molecular complexity index is 563. The van der Waals surface area contributed by atoms with E-state index in [1.807, 2.05) is 24.3 Å². The van der Waals surface area contributed by atoms with Gasteiger partial charge in [-0.2, -0.15) is 0 Å². The summed E-state index contributed by atoms with van der Waals surface area (Å²) >= 11 is 0. The summed E-state index contributed by atoms with van der Waals surface area (Å²) in [6, 6.07) is 7.68. The highest BCUT2D eigenvalue weighted by Crippen LogP contribution is 2.14. The lowest BCUT2D eigenvalue weighted by molar-refractivity contribution is -0.140. The molecule has 1 aliphatic rings. The molecule has 2 rings (SSSR count). The Morgan fingerprint density at radius 2 is 1.84 bits per heavy atom. The van der Waals surface area contributed by atoms with E-state index >= 15 is 0 Å². The normalized spacial score (nSPS) is 20.9. The molecule has 0 aliphatic carbocycles. The Balaban J connectivity index is 1.78. The number of ether oxygens (including phenoxy) is 2. The van der Waals surface area contributed by atoms with Crippen molar-refractivity contribution in [2.45, 2.75) is 45.4 Å². The highest BCUT2D eigenvalue weighted by molar-refractivity contribution is 5.94. The van der Waals surface area contributed by atoms with E-state index in [2.05, 4.69) is 28.8 Å². The standard InChI is InChI=1S/C19H28N2O4/c1-14-11-21(12-15(2)25-14)13-16-6-8-17(9-7-16)19(23)20-10-4-5-18(22)24-3/h6-9,14-15H,4-5,10-13H2,1-3H3,(H,20,23). The third-order valence-electron chi connectivity index (χ3n) is 4.19. The third-order valence-corrected chi connectivity index (χ3v) is 4.19. The van der Waals surface area contributed by atoms with Gasteiger partial charge in [0.1, 0.15) is 0 Å². The summed E-state index contributed by atoms with van der Waals surface area (Å²) in [5, 5.41) is 2.82. The second-order valence-electron chi connectivity index (χ2n) is 6.58. The SMILES string of the molecule is COC(=O)CCCNC(=O)c1ccc(CN2CC(C)OC(C)C2)cc1. The molecule has 1 amide bonds. The van der Waals surface area contributed by atoms with Crippen LogP contribution < -0.4 is 5.32 Å². The van der Waals surface area contributed by atoms with Gasteiger partial charge in [-0.15, -0.1) is 0 Å².